The lowest BCUT2D eigenvalue weighted by Gasteiger charge is -2.37. The van der Waals surface area contributed by atoms with Gasteiger partial charge in [0.2, 0.25) is 0 Å². The molecule has 0 N–H and O–H groups in total. The van der Waals surface area contributed by atoms with Gasteiger partial charge in [-0.25, -0.2) is 0 Å². The summed E-state index contributed by atoms with van der Waals surface area (Å²) in [5, 5.41) is 12.0. The van der Waals surface area contributed by atoms with Gasteiger partial charge in [0.25, 0.3) is 0 Å². The zero-order chi connectivity index (χ0) is 26.7. The first kappa shape index (κ1) is 35.2. The monoisotopic (exact) mass is 505 g/mol. The first-order valence-electron chi connectivity index (χ1n) is 16.4. The molecule has 36 heavy (non-hydrogen) atoms. The summed E-state index contributed by atoms with van der Waals surface area (Å²) >= 11 is 0. The lowest BCUT2D eigenvalue weighted by atomic mass is 9.69. The van der Waals surface area contributed by atoms with E-state index in [1.54, 1.807) is 0 Å². The summed E-state index contributed by atoms with van der Waals surface area (Å²) in [7, 11) is 0. The Kier molecular flexibility index (Phi) is 25.3. The number of rotatable bonds is 29. The van der Waals surface area contributed by atoms with E-state index in [1.165, 1.54) is 135 Å². The molecule has 0 bridgehead atoms. The van der Waals surface area contributed by atoms with Crippen molar-refractivity contribution in [1.29, 1.82) is 0 Å². The van der Waals surface area contributed by atoms with Crippen LogP contribution < -0.4 is 5.11 Å². The Morgan fingerprint density at radius 2 is 0.694 bits per heavy atom. The van der Waals surface area contributed by atoms with E-state index in [4.69, 9.17) is 0 Å². The van der Waals surface area contributed by atoms with Gasteiger partial charge in [-0.3, -0.25) is 0 Å². The van der Waals surface area contributed by atoms with Gasteiger partial charge in [-0.05, 0) is 30.3 Å². The molecule has 0 aliphatic carbocycles. The van der Waals surface area contributed by atoms with E-state index in [9.17, 15) is 9.90 Å². The lowest BCUT2D eigenvalue weighted by molar-refractivity contribution is -0.300. The maximum Gasteiger partial charge on any atom is 0.0674 e. The molecule has 2 nitrogen and oxygen atoms in total. The topological polar surface area (TPSA) is 40.1 Å². The Balaban J connectivity index is 4.76. The molecule has 0 rings (SSSR count). The summed E-state index contributed by atoms with van der Waals surface area (Å²) in [5.74, 6) is -1.01. The second kappa shape index (κ2) is 25.8. The van der Waals surface area contributed by atoms with Crippen molar-refractivity contribution in [1.82, 2.24) is 0 Å². The fourth-order valence-electron chi connectivity index (χ4n) is 5.84. The van der Waals surface area contributed by atoms with Gasteiger partial charge in [0.1, 0.15) is 0 Å². The molecular formula is C34H65O2-. The molecule has 0 amide bonds. The standard InChI is InChI=1S/C34H66O2/c1-5-8-11-14-17-20-23-26-29-34(32(4)33(35)36,30-27-24-21-18-15-12-9-6-2)31-28-25-22-19-16-13-10-7-3/h4-31H2,1-3H3,(H,35,36)/p-1. The van der Waals surface area contributed by atoms with Gasteiger partial charge in [-0.1, -0.05) is 181 Å². The number of aliphatic carboxylic acids is 1. The highest BCUT2D eigenvalue weighted by Gasteiger charge is 2.32. The molecule has 0 aromatic heterocycles. The van der Waals surface area contributed by atoms with Gasteiger partial charge < -0.3 is 9.90 Å². The average molecular weight is 506 g/mol. The summed E-state index contributed by atoms with van der Waals surface area (Å²) in [6.45, 7) is 10.9. The molecule has 0 heterocycles. The van der Waals surface area contributed by atoms with E-state index in [0.717, 1.165) is 38.5 Å². The number of unbranched alkanes of at least 4 members (excludes halogenated alkanes) is 21. The van der Waals surface area contributed by atoms with Crippen LogP contribution >= 0.6 is 0 Å². The Hall–Kier alpha value is -0.790. The molecule has 0 fully saturated rings. The quantitative estimate of drug-likeness (QED) is 0.0749. The van der Waals surface area contributed by atoms with Crippen LogP contribution in [-0.2, 0) is 4.79 Å². The van der Waals surface area contributed by atoms with Gasteiger partial charge in [0, 0.05) is 0 Å². The first-order valence-corrected chi connectivity index (χ1v) is 16.4. The summed E-state index contributed by atoms with van der Waals surface area (Å²) in [6, 6.07) is 0. The predicted octanol–water partition coefficient (Wildman–Crippen LogP) is 10.9. The van der Waals surface area contributed by atoms with E-state index < -0.39 is 5.97 Å². The zero-order valence-corrected chi connectivity index (χ0v) is 25.1. The van der Waals surface area contributed by atoms with Gasteiger partial charge in [0.15, 0.2) is 0 Å². The maximum absolute atomic E-state index is 12.0. The van der Waals surface area contributed by atoms with Crippen molar-refractivity contribution in [2.24, 2.45) is 5.41 Å². The van der Waals surface area contributed by atoms with E-state index in [2.05, 4.69) is 27.4 Å². The first-order chi connectivity index (χ1) is 17.5. The summed E-state index contributed by atoms with van der Waals surface area (Å²) in [4.78, 5) is 12.0. The van der Waals surface area contributed by atoms with Crippen molar-refractivity contribution in [3.8, 4) is 0 Å². The minimum absolute atomic E-state index is 0.245. The van der Waals surface area contributed by atoms with E-state index in [0.29, 0.717) is 5.57 Å². The van der Waals surface area contributed by atoms with Crippen LogP contribution in [0.2, 0.25) is 0 Å². The second-order valence-corrected chi connectivity index (χ2v) is 11.7. The van der Waals surface area contributed by atoms with Crippen LogP contribution in [0, 0.1) is 5.41 Å². The SMILES string of the molecule is C=C(C(=O)[O-])C(CCCCCCCCCC)(CCCCCCCCCC)CCCCCCCCCC. The molecule has 0 radical (unpaired) electrons. The summed E-state index contributed by atoms with van der Waals surface area (Å²) in [6.07, 6.45) is 33.9. The molecule has 214 valence electrons. The van der Waals surface area contributed by atoms with Gasteiger partial charge in [-0.2, -0.15) is 0 Å². The molecule has 0 saturated heterocycles. The number of carbonyl (C=O) groups is 1. The van der Waals surface area contributed by atoms with Crippen molar-refractivity contribution in [3.63, 3.8) is 0 Å². The van der Waals surface area contributed by atoms with Crippen LogP contribution in [-0.4, -0.2) is 5.97 Å². The second-order valence-electron chi connectivity index (χ2n) is 11.7. The van der Waals surface area contributed by atoms with E-state index in [-0.39, 0.29) is 5.41 Å². The molecule has 0 saturated carbocycles. The van der Waals surface area contributed by atoms with Crippen LogP contribution in [0.15, 0.2) is 12.2 Å². The highest BCUT2D eigenvalue weighted by molar-refractivity contribution is 5.85. The Morgan fingerprint density at radius 1 is 0.472 bits per heavy atom. The Morgan fingerprint density at radius 3 is 0.917 bits per heavy atom. The Labute approximate surface area is 227 Å². The van der Waals surface area contributed by atoms with Gasteiger partial charge in [0.05, 0.1) is 5.97 Å². The van der Waals surface area contributed by atoms with Crippen LogP contribution in [0.3, 0.4) is 0 Å². The van der Waals surface area contributed by atoms with Crippen LogP contribution in [0.25, 0.3) is 0 Å². The van der Waals surface area contributed by atoms with E-state index >= 15 is 0 Å². The summed E-state index contributed by atoms with van der Waals surface area (Å²) in [5.41, 5.74) is 0.155. The van der Waals surface area contributed by atoms with Crippen molar-refractivity contribution >= 4 is 5.97 Å². The molecule has 0 aliphatic rings. The Bertz CT molecular complexity index is 445. The highest BCUT2D eigenvalue weighted by atomic mass is 16.4. The third-order valence-corrected chi connectivity index (χ3v) is 8.41. The third kappa shape index (κ3) is 19.3. The molecule has 0 aromatic carbocycles. The van der Waals surface area contributed by atoms with E-state index in [1.807, 2.05) is 0 Å². The lowest BCUT2D eigenvalue weighted by Crippen LogP contribution is -2.35. The van der Waals surface area contributed by atoms with Gasteiger partial charge in [-0.15, -0.1) is 0 Å². The normalized spacial score (nSPS) is 11.8. The predicted molar refractivity (Wildman–Crippen MR) is 158 cm³/mol. The smallest absolute Gasteiger partial charge is 0.0674 e. The van der Waals surface area contributed by atoms with Gasteiger partial charge >= 0.3 is 0 Å². The number of carboxylic acid groups (broad SMARTS) is 1. The zero-order valence-electron chi connectivity index (χ0n) is 25.1. The fourth-order valence-corrected chi connectivity index (χ4v) is 5.84. The minimum atomic E-state index is -1.01. The number of carboxylic acids is 1. The number of hydrogen-bond acceptors (Lipinski definition) is 2. The molecule has 0 atom stereocenters. The average Bonchev–Trinajstić information content (AvgIpc) is 2.87. The fraction of sp³-hybridized carbons (Fsp3) is 0.912. The molecule has 2 heteroatoms. The maximum atomic E-state index is 12.0. The minimum Gasteiger partial charge on any atom is -0.545 e. The molecule has 0 aromatic rings. The summed E-state index contributed by atoms with van der Waals surface area (Å²) < 4.78 is 0. The molecular weight excluding hydrogens is 440 g/mol. The largest absolute Gasteiger partial charge is 0.545 e. The number of carbonyl (C=O) groups excluding carboxylic acids is 1. The van der Waals surface area contributed by atoms with Crippen molar-refractivity contribution in [2.45, 2.75) is 194 Å². The molecule has 0 spiro atoms. The van der Waals surface area contributed by atoms with Crippen molar-refractivity contribution < 1.29 is 9.90 Å². The highest BCUT2D eigenvalue weighted by Crippen LogP contribution is 2.43. The van der Waals surface area contributed by atoms with Crippen LogP contribution in [0.5, 0.6) is 0 Å². The van der Waals surface area contributed by atoms with Crippen molar-refractivity contribution in [3.05, 3.63) is 12.2 Å². The third-order valence-electron chi connectivity index (χ3n) is 8.41. The number of hydrogen-bond donors (Lipinski definition) is 0. The van der Waals surface area contributed by atoms with Crippen molar-refractivity contribution in [2.75, 3.05) is 0 Å². The molecule has 0 unspecified atom stereocenters. The molecule has 0 aliphatic heterocycles. The van der Waals surface area contributed by atoms with Crippen LogP contribution in [0.4, 0.5) is 0 Å². The van der Waals surface area contributed by atoms with Crippen LogP contribution in [0.1, 0.15) is 194 Å².